The summed E-state index contributed by atoms with van der Waals surface area (Å²) in [5, 5.41) is 13.0. The molecule has 0 bridgehead atoms. The van der Waals surface area contributed by atoms with E-state index in [0.717, 1.165) is 0 Å². The van der Waals surface area contributed by atoms with Gasteiger partial charge in [0.15, 0.2) is 0 Å². The van der Waals surface area contributed by atoms with Crippen molar-refractivity contribution in [1.29, 1.82) is 0 Å². The summed E-state index contributed by atoms with van der Waals surface area (Å²) in [6.45, 7) is 0. The molecule has 0 saturated carbocycles. The van der Waals surface area contributed by atoms with Gasteiger partial charge < -0.3 is 0 Å². The van der Waals surface area contributed by atoms with E-state index in [1.807, 2.05) is 0 Å². The SMILES string of the molecule is c1ccc(-c2ccccc2-c2ccc3c4cccc5c(-c6cc7ccccc7cc6-c6ccccc6)ccc(c6cccc2c36)c54)cc1. The first-order valence-electron chi connectivity index (χ1n) is 16.7. The molecule has 10 aromatic carbocycles. The molecule has 0 spiro atoms. The number of hydrogen-bond donors (Lipinski definition) is 0. The molecule has 10 aromatic rings. The normalized spacial score (nSPS) is 11.8. The van der Waals surface area contributed by atoms with Gasteiger partial charge in [-0.2, -0.15) is 0 Å². The molecule has 0 heterocycles. The van der Waals surface area contributed by atoms with Crippen molar-refractivity contribution in [2.24, 2.45) is 0 Å². The van der Waals surface area contributed by atoms with Gasteiger partial charge in [0.25, 0.3) is 0 Å². The minimum absolute atomic E-state index is 1.23. The van der Waals surface area contributed by atoms with Gasteiger partial charge in [-0.1, -0.05) is 170 Å². The van der Waals surface area contributed by atoms with E-state index in [2.05, 4.69) is 182 Å². The zero-order chi connectivity index (χ0) is 31.6. The summed E-state index contributed by atoms with van der Waals surface area (Å²) in [5.41, 5.74) is 10.0. The summed E-state index contributed by atoms with van der Waals surface area (Å²) < 4.78 is 0. The second-order valence-electron chi connectivity index (χ2n) is 12.8. The molecule has 0 heteroatoms. The van der Waals surface area contributed by atoms with Crippen LogP contribution >= 0.6 is 0 Å². The predicted octanol–water partition coefficient (Wildman–Crippen LogP) is 13.6. The van der Waals surface area contributed by atoms with Crippen LogP contribution in [0.25, 0.3) is 98.4 Å². The van der Waals surface area contributed by atoms with Crippen molar-refractivity contribution in [3.63, 3.8) is 0 Å². The monoisotopic (exact) mass is 606 g/mol. The van der Waals surface area contributed by atoms with Crippen molar-refractivity contribution in [1.82, 2.24) is 0 Å². The third-order valence-corrected chi connectivity index (χ3v) is 10.2. The topological polar surface area (TPSA) is 0 Å². The van der Waals surface area contributed by atoms with Crippen molar-refractivity contribution in [3.8, 4) is 44.5 Å². The fourth-order valence-electron chi connectivity index (χ4n) is 8.09. The van der Waals surface area contributed by atoms with E-state index < -0.39 is 0 Å². The van der Waals surface area contributed by atoms with Gasteiger partial charge in [0.05, 0.1) is 0 Å². The molecule has 0 N–H and O–H groups in total. The molecule has 0 atom stereocenters. The molecule has 0 radical (unpaired) electrons. The molecule has 0 saturated heterocycles. The Bertz CT molecular complexity index is 2790. The molecule has 0 fully saturated rings. The van der Waals surface area contributed by atoms with Crippen LogP contribution in [-0.2, 0) is 0 Å². The summed E-state index contributed by atoms with van der Waals surface area (Å²) in [7, 11) is 0. The Balaban J connectivity index is 1.27. The fraction of sp³-hybridized carbons (Fsp3) is 0. The second-order valence-corrected chi connectivity index (χ2v) is 12.8. The molecule has 48 heavy (non-hydrogen) atoms. The van der Waals surface area contributed by atoms with E-state index in [4.69, 9.17) is 0 Å². The molecular weight excluding hydrogens is 577 g/mol. The van der Waals surface area contributed by atoms with Crippen LogP contribution in [0.3, 0.4) is 0 Å². The Labute approximate surface area is 279 Å². The van der Waals surface area contributed by atoms with Gasteiger partial charge in [0, 0.05) is 0 Å². The highest BCUT2D eigenvalue weighted by atomic mass is 14.2. The Morgan fingerprint density at radius 1 is 0.208 bits per heavy atom. The zero-order valence-electron chi connectivity index (χ0n) is 26.3. The van der Waals surface area contributed by atoms with Gasteiger partial charge in [-0.25, -0.2) is 0 Å². The van der Waals surface area contributed by atoms with Crippen LogP contribution < -0.4 is 0 Å². The number of benzene rings is 10. The average molecular weight is 607 g/mol. The van der Waals surface area contributed by atoms with Gasteiger partial charge >= 0.3 is 0 Å². The highest BCUT2D eigenvalue weighted by Gasteiger charge is 2.19. The second kappa shape index (κ2) is 10.7. The number of hydrogen-bond acceptors (Lipinski definition) is 0. The number of fused-ring (bicyclic) bond motifs is 3. The van der Waals surface area contributed by atoms with Crippen LogP contribution in [0.15, 0.2) is 182 Å². The number of rotatable bonds is 4. The smallest absolute Gasteiger partial charge is 0.00201 e. The summed E-state index contributed by atoms with van der Waals surface area (Å²) in [4.78, 5) is 0. The molecule has 222 valence electrons. The average Bonchev–Trinajstić information content (AvgIpc) is 3.17. The minimum Gasteiger partial charge on any atom is -0.0622 e. The first kappa shape index (κ1) is 26.9. The zero-order valence-corrected chi connectivity index (χ0v) is 26.3. The first-order valence-corrected chi connectivity index (χ1v) is 16.7. The van der Waals surface area contributed by atoms with Gasteiger partial charge in [0.1, 0.15) is 0 Å². The van der Waals surface area contributed by atoms with Crippen LogP contribution in [0.4, 0.5) is 0 Å². The Hall–Kier alpha value is -6.24. The van der Waals surface area contributed by atoms with Crippen molar-refractivity contribution in [3.05, 3.63) is 182 Å². The van der Waals surface area contributed by atoms with Crippen LogP contribution in [0.5, 0.6) is 0 Å². The Morgan fingerprint density at radius 3 is 1.21 bits per heavy atom. The lowest BCUT2D eigenvalue weighted by Crippen LogP contribution is -1.92. The van der Waals surface area contributed by atoms with Crippen molar-refractivity contribution in [2.75, 3.05) is 0 Å². The third-order valence-electron chi connectivity index (χ3n) is 10.2. The molecule has 0 amide bonds. The van der Waals surface area contributed by atoms with Gasteiger partial charge in [-0.3, -0.25) is 0 Å². The maximum atomic E-state index is 2.38. The summed E-state index contributed by atoms with van der Waals surface area (Å²) >= 11 is 0. The van der Waals surface area contributed by atoms with E-state index in [9.17, 15) is 0 Å². The molecule has 0 nitrogen and oxygen atoms in total. The quantitative estimate of drug-likeness (QED) is 0.138. The minimum atomic E-state index is 1.23. The van der Waals surface area contributed by atoms with Crippen LogP contribution in [-0.4, -0.2) is 0 Å². The van der Waals surface area contributed by atoms with E-state index in [1.165, 1.54) is 98.4 Å². The van der Waals surface area contributed by atoms with Crippen LogP contribution in [0.1, 0.15) is 0 Å². The molecule has 0 aliphatic rings. The highest BCUT2D eigenvalue weighted by molar-refractivity contribution is 6.35. The fourth-order valence-corrected chi connectivity index (χ4v) is 8.09. The van der Waals surface area contributed by atoms with Crippen molar-refractivity contribution < 1.29 is 0 Å². The molecule has 0 aliphatic heterocycles. The lowest BCUT2D eigenvalue weighted by molar-refractivity contribution is 1.60. The van der Waals surface area contributed by atoms with Crippen LogP contribution in [0.2, 0.25) is 0 Å². The van der Waals surface area contributed by atoms with Crippen molar-refractivity contribution in [2.45, 2.75) is 0 Å². The van der Waals surface area contributed by atoms with Gasteiger partial charge in [-0.05, 0) is 111 Å². The van der Waals surface area contributed by atoms with E-state index >= 15 is 0 Å². The highest BCUT2D eigenvalue weighted by Crippen LogP contribution is 2.47. The summed E-state index contributed by atoms with van der Waals surface area (Å²) in [6.07, 6.45) is 0. The molecular formula is C48H30. The molecule has 0 unspecified atom stereocenters. The van der Waals surface area contributed by atoms with Gasteiger partial charge in [-0.15, -0.1) is 0 Å². The molecule has 10 rings (SSSR count). The molecule has 0 aliphatic carbocycles. The summed E-state index contributed by atoms with van der Waals surface area (Å²) in [5.74, 6) is 0. The Morgan fingerprint density at radius 2 is 0.625 bits per heavy atom. The first-order chi connectivity index (χ1) is 23.8. The van der Waals surface area contributed by atoms with Crippen LogP contribution in [0, 0.1) is 0 Å². The largest absolute Gasteiger partial charge is 0.0622 e. The third kappa shape index (κ3) is 4.03. The van der Waals surface area contributed by atoms with E-state index in [1.54, 1.807) is 0 Å². The standard InChI is InChI=1S/C48H30/c1-3-13-31(14-4-1)35-19-9-10-20-36(35)37-25-27-43-42-24-12-22-40-38(26-28-44(48(40)42)41-23-11-21-39(37)47(41)43)46-30-34-18-8-7-17-33(34)29-45(46)32-15-5-2-6-16-32/h1-30H. The maximum absolute atomic E-state index is 2.38. The molecule has 0 aromatic heterocycles. The lowest BCUT2D eigenvalue weighted by Gasteiger charge is -2.20. The van der Waals surface area contributed by atoms with Crippen molar-refractivity contribution >= 4 is 53.9 Å². The summed E-state index contributed by atoms with van der Waals surface area (Å²) in [6, 6.07) is 67.0. The maximum Gasteiger partial charge on any atom is -0.00201 e. The predicted molar refractivity (Wildman–Crippen MR) is 207 cm³/mol. The lowest BCUT2D eigenvalue weighted by atomic mass is 9.83. The van der Waals surface area contributed by atoms with E-state index in [-0.39, 0.29) is 0 Å². The Kier molecular flexibility index (Phi) is 5.98. The van der Waals surface area contributed by atoms with E-state index in [0.29, 0.717) is 0 Å². The van der Waals surface area contributed by atoms with Gasteiger partial charge in [0.2, 0.25) is 0 Å².